The SMILES string of the molecule is COC(=O)C1=C(C)N=c2s/c(=C/c3c(Cl)cccc3Cl)c(=O)n2C1c1cccs1. The van der Waals surface area contributed by atoms with Gasteiger partial charge in [0.1, 0.15) is 6.04 Å². The number of halogens is 2. The van der Waals surface area contributed by atoms with E-state index < -0.39 is 12.0 Å². The van der Waals surface area contributed by atoms with Crippen LogP contribution in [0.15, 0.2) is 56.8 Å². The molecule has 1 aliphatic heterocycles. The first-order valence-electron chi connectivity index (χ1n) is 8.50. The number of methoxy groups -OCH3 is 1. The molecule has 0 saturated carbocycles. The number of rotatable bonds is 3. The molecule has 1 aliphatic rings. The van der Waals surface area contributed by atoms with Gasteiger partial charge in [-0.05, 0) is 36.6 Å². The predicted molar refractivity (Wildman–Crippen MR) is 117 cm³/mol. The minimum absolute atomic E-state index is 0.267. The monoisotopic (exact) mass is 464 g/mol. The molecule has 0 aliphatic carbocycles. The molecule has 3 aromatic rings. The number of hydrogen-bond acceptors (Lipinski definition) is 6. The van der Waals surface area contributed by atoms with Crippen LogP contribution in [-0.2, 0) is 9.53 Å². The number of aromatic nitrogens is 1. The Morgan fingerprint density at radius 2 is 1.97 bits per heavy atom. The smallest absolute Gasteiger partial charge is 0.338 e. The molecule has 0 N–H and O–H groups in total. The van der Waals surface area contributed by atoms with Crippen LogP contribution in [0.5, 0.6) is 0 Å². The number of carbonyl (C=O) groups excluding carboxylic acids is 1. The van der Waals surface area contributed by atoms with Crippen molar-refractivity contribution in [1.29, 1.82) is 0 Å². The summed E-state index contributed by atoms with van der Waals surface area (Å²) >= 11 is 15.2. The van der Waals surface area contributed by atoms with Crippen LogP contribution in [0, 0.1) is 0 Å². The predicted octanol–water partition coefficient (Wildman–Crippen LogP) is 3.78. The van der Waals surface area contributed by atoms with Gasteiger partial charge in [-0.3, -0.25) is 9.36 Å². The largest absolute Gasteiger partial charge is 0.466 e. The third kappa shape index (κ3) is 3.48. The highest BCUT2D eigenvalue weighted by atomic mass is 35.5. The summed E-state index contributed by atoms with van der Waals surface area (Å²) < 4.78 is 6.93. The molecule has 9 heteroatoms. The molecule has 1 atom stereocenters. The second kappa shape index (κ2) is 7.91. The summed E-state index contributed by atoms with van der Waals surface area (Å²) in [5, 5.41) is 2.80. The van der Waals surface area contributed by atoms with Crippen LogP contribution in [0.2, 0.25) is 10.0 Å². The minimum Gasteiger partial charge on any atom is -0.466 e. The number of ether oxygens (including phenoxy) is 1. The molecule has 0 fully saturated rings. The van der Waals surface area contributed by atoms with Crippen LogP contribution in [-0.4, -0.2) is 17.6 Å². The Hall–Kier alpha value is -2.19. The van der Waals surface area contributed by atoms with Gasteiger partial charge in [0, 0.05) is 20.5 Å². The van der Waals surface area contributed by atoms with Gasteiger partial charge in [0.15, 0.2) is 4.80 Å². The van der Waals surface area contributed by atoms with E-state index in [1.54, 1.807) is 31.2 Å². The van der Waals surface area contributed by atoms with E-state index >= 15 is 0 Å². The van der Waals surface area contributed by atoms with Crippen molar-refractivity contribution >= 4 is 57.9 Å². The van der Waals surface area contributed by atoms with E-state index in [4.69, 9.17) is 27.9 Å². The lowest BCUT2D eigenvalue weighted by Crippen LogP contribution is -2.39. The Morgan fingerprint density at radius 3 is 2.59 bits per heavy atom. The first kappa shape index (κ1) is 20.1. The van der Waals surface area contributed by atoms with E-state index in [0.29, 0.717) is 36.2 Å². The zero-order valence-electron chi connectivity index (χ0n) is 15.3. The molecule has 3 heterocycles. The summed E-state index contributed by atoms with van der Waals surface area (Å²) in [7, 11) is 1.32. The number of nitrogens with zero attached hydrogens (tertiary/aromatic N) is 2. The third-order valence-electron chi connectivity index (χ3n) is 4.51. The second-order valence-corrected chi connectivity index (χ2v) is 9.03. The third-order valence-corrected chi connectivity index (χ3v) is 7.08. The van der Waals surface area contributed by atoms with Crippen LogP contribution in [0.4, 0.5) is 0 Å². The lowest BCUT2D eigenvalue weighted by atomic mass is 10.0. The molecule has 1 unspecified atom stereocenters. The Balaban J connectivity index is 2.00. The molecule has 0 spiro atoms. The highest BCUT2D eigenvalue weighted by molar-refractivity contribution is 7.10. The quantitative estimate of drug-likeness (QED) is 0.554. The summed E-state index contributed by atoms with van der Waals surface area (Å²) in [6.45, 7) is 1.74. The van der Waals surface area contributed by atoms with E-state index in [1.807, 2.05) is 17.5 Å². The maximum atomic E-state index is 13.3. The average Bonchev–Trinajstić information content (AvgIpc) is 3.32. The van der Waals surface area contributed by atoms with Crippen molar-refractivity contribution in [2.45, 2.75) is 13.0 Å². The fraction of sp³-hybridized carbons (Fsp3) is 0.150. The highest BCUT2D eigenvalue weighted by Gasteiger charge is 2.33. The molecular weight excluding hydrogens is 451 g/mol. The summed E-state index contributed by atoms with van der Waals surface area (Å²) in [6, 6.07) is 8.34. The Bertz CT molecular complexity index is 1300. The molecule has 2 aromatic heterocycles. The maximum absolute atomic E-state index is 13.3. The number of fused-ring (bicyclic) bond motifs is 1. The van der Waals surface area contributed by atoms with Crippen LogP contribution in [0.25, 0.3) is 6.08 Å². The van der Waals surface area contributed by atoms with Crippen molar-refractivity contribution in [3.8, 4) is 0 Å². The van der Waals surface area contributed by atoms with E-state index in [1.165, 1.54) is 34.4 Å². The number of benzene rings is 1. The van der Waals surface area contributed by atoms with E-state index in [0.717, 1.165) is 4.88 Å². The van der Waals surface area contributed by atoms with Gasteiger partial charge in [0.25, 0.3) is 5.56 Å². The summed E-state index contributed by atoms with van der Waals surface area (Å²) in [4.78, 5) is 31.7. The summed E-state index contributed by atoms with van der Waals surface area (Å²) in [6.07, 6.45) is 1.66. The molecule has 148 valence electrons. The fourth-order valence-corrected chi connectivity index (χ4v) is 5.55. The number of thiophene rings is 1. The molecule has 0 bridgehead atoms. The van der Waals surface area contributed by atoms with Gasteiger partial charge in [0.2, 0.25) is 0 Å². The van der Waals surface area contributed by atoms with Crippen molar-refractivity contribution in [3.05, 3.63) is 87.2 Å². The maximum Gasteiger partial charge on any atom is 0.338 e. The molecule has 0 saturated heterocycles. The van der Waals surface area contributed by atoms with Crippen LogP contribution >= 0.6 is 45.9 Å². The Labute approximate surface area is 183 Å². The van der Waals surface area contributed by atoms with E-state index in [-0.39, 0.29) is 5.56 Å². The number of allylic oxidation sites excluding steroid dienone is 1. The fourth-order valence-electron chi connectivity index (χ4n) is 3.19. The normalized spacial score (nSPS) is 16.6. The van der Waals surface area contributed by atoms with Gasteiger partial charge >= 0.3 is 5.97 Å². The Kier molecular flexibility index (Phi) is 5.48. The van der Waals surface area contributed by atoms with Gasteiger partial charge in [-0.2, -0.15) is 0 Å². The zero-order valence-corrected chi connectivity index (χ0v) is 18.5. The van der Waals surface area contributed by atoms with Gasteiger partial charge in [-0.15, -0.1) is 11.3 Å². The zero-order chi connectivity index (χ0) is 20.7. The summed E-state index contributed by atoms with van der Waals surface area (Å²) in [5.74, 6) is -0.506. The number of hydrogen-bond donors (Lipinski definition) is 0. The highest BCUT2D eigenvalue weighted by Crippen LogP contribution is 2.33. The molecular formula is C20H14Cl2N2O3S2. The number of carbonyl (C=O) groups is 1. The molecule has 4 rings (SSSR count). The number of thiazole rings is 1. The van der Waals surface area contributed by atoms with E-state index in [2.05, 4.69) is 4.99 Å². The lowest BCUT2D eigenvalue weighted by Gasteiger charge is -2.22. The first-order chi connectivity index (χ1) is 13.9. The molecule has 0 amide bonds. The molecule has 5 nitrogen and oxygen atoms in total. The van der Waals surface area contributed by atoms with Crippen molar-refractivity contribution in [2.75, 3.05) is 7.11 Å². The first-order valence-corrected chi connectivity index (χ1v) is 11.0. The second-order valence-electron chi connectivity index (χ2n) is 6.22. The van der Waals surface area contributed by atoms with Gasteiger partial charge < -0.3 is 4.74 Å². The van der Waals surface area contributed by atoms with Gasteiger partial charge in [-0.1, -0.05) is 46.7 Å². The van der Waals surface area contributed by atoms with Crippen molar-refractivity contribution in [2.24, 2.45) is 4.99 Å². The van der Waals surface area contributed by atoms with Crippen LogP contribution in [0.1, 0.15) is 23.4 Å². The molecule has 29 heavy (non-hydrogen) atoms. The minimum atomic E-state index is -0.595. The molecule has 0 radical (unpaired) electrons. The van der Waals surface area contributed by atoms with Crippen LogP contribution in [0.3, 0.4) is 0 Å². The van der Waals surface area contributed by atoms with Gasteiger partial charge in [-0.25, -0.2) is 9.79 Å². The number of esters is 1. The van der Waals surface area contributed by atoms with Crippen molar-refractivity contribution in [1.82, 2.24) is 4.57 Å². The summed E-state index contributed by atoms with van der Waals surface area (Å²) in [5.41, 5.74) is 1.18. The molecule has 1 aromatic carbocycles. The van der Waals surface area contributed by atoms with E-state index in [9.17, 15) is 9.59 Å². The van der Waals surface area contributed by atoms with Gasteiger partial charge in [0.05, 0.1) is 22.9 Å². The topological polar surface area (TPSA) is 60.7 Å². The van der Waals surface area contributed by atoms with Crippen LogP contribution < -0.4 is 14.9 Å². The Morgan fingerprint density at radius 1 is 1.24 bits per heavy atom. The average molecular weight is 465 g/mol. The van der Waals surface area contributed by atoms with Crippen molar-refractivity contribution in [3.63, 3.8) is 0 Å². The lowest BCUT2D eigenvalue weighted by molar-refractivity contribution is -0.136. The standard InChI is InChI=1S/C20H14Cl2N2O3S2/c1-10-16(19(26)27-2)17(14-7-4-8-28-14)24-18(25)15(29-20(24)23-10)9-11-12(21)5-3-6-13(11)22/h3-9,17H,1-2H3/b15-9+. The van der Waals surface area contributed by atoms with Crippen molar-refractivity contribution < 1.29 is 9.53 Å².